The largest absolute Gasteiger partial charge is 0.324 e. The van der Waals surface area contributed by atoms with Crippen molar-refractivity contribution in [3.05, 3.63) is 83.2 Å². The molecular formula is C20H15N3O4S. The van der Waals surface area contributed by atoms with Crippen LogP contribution in [-0.2, 0) is 9.59 Å². The number of nitro benzene ring substituents is 1. The summed E-state index contributed by atoms with van der Waals surface area (Å²) in [5.41, 5.74) is 1.28. The Morgan fingerprint density at radius 1 is 0.929 bits per heavy atom. The lowest BCUT2D eigenvalue weighted by Gasteiger charge is -2.14. The first-order valence-electron chi connectivity index (χ1n) is 8.54. The van der Waals surface area contributed by atoms with E-state index in [1.807, 2.05) is 53.4 Å². The van der Waals surface area contributed by atoms with Crippen LogP contribution in [0.5, 0.6) is 0 Å². The predicted octanol–water partition coefficient (Wildman–Crippen LogP) is 3.81. The van der Waals surface area contributed by atoms with Gasteiger partial charge in [0.15, 0.2) is 0 Å². The van der Waals surface area contributed by atoms with Gasteiger partial charge in [-0.1, -0.05) is 0 Å². The average molecular weight is 393 g/mol. The van der Waals surface area contributed by atoms with Crippen LogP contribution in [0.2, 0.25) is 0 Å². The zero-order valence-corrected chi connectivity index (χ0v) is 15.4. The number of benzene rings is 2. The van der Waals surface area contributed by atoms with Crippen molar-refractivity contribution in [2.45, 2.75) is 16.6 Å². The lowest BCUT2D eigenvalue weighted by atomic mass is 10.2. The van der Waals surface area contributed by atoms with E-state index >= 15 is 0 Å². The molecule has 1 aliphatic rings. The maximum Gasteiger partial charge on any atom is 0.269 e. The molecule has 1 fully saturated rings. The molecule has 0 bridgehead atoms. The summed E-state index contributed by atoms with van der Waals surface area (Å²) in [6, 6.07) is 17.1. The molecule has 0 spiro atoms. The van der Waals surface area contributed by atoms with Gasteiger partial charge >= 0.3 is 0 Å². The molecule has 0 radical (unpaired) electrons. The Balaban J connectivity index is 1.48. The molecule has 0 aliphatic carbocycles. The summed E-state index contributed by atoms with van der Waals surface area (Å²) in [7, 11) is 0. The van der Waals surface area contributed by atoms with Crippen LogP contribution in [0, 0.1) is 10.1 Å². The Morgan fingerprint density at radius 3 is 2.14 bits per heavy atom. The molecule has 1 saturated heterocycles. The highest BCUT2D eigenvalue weighted by Crippen LogP contribution is 2.34. The second-order valence-electron chi connectivity index (χ2n) is 6.24. The highest BCUT2D eigenvalue weighted by atomic mass is 32.2. The monoisotopic (exact) mass is 393 g/mol. The molecule has 4 rings (SSSR count). The molecule has 0 saturated carbocycles. The van der Waals surface area contributed by atoms with Crippen LogP contribution in [0.25, 0.3) is 5.69 Å². The van der Waals surface area contributed by atoms with Gasteiger partial charge in [0.05, 0.1) is 15.9 Å². The number of amides is 2. The third-order valence-electron chi connectivity index (χ3n) is 4.44. The van der Waals surface area contributed by atoms with E-state index in [1.54, 1.807) is 0 Å². The van der Waals surface area contributed by atoms with Gasteiger partial charge in [-0.2, -0.15) is 0 Å². The molecule has 7 nitrogen and oxygen atoms in total. The summed E-state index contributed by atoms with van der Waals surface area (Å²) in [5, 5.41) is 10.3. The summed E-state index contributed by atoms with van der Waals surface area (Å²) < 4.78 is 1.98. The van der Waals surface area contributed by atoms with Crippen LogP contribution in [0.4, 0.5) is 11.4 Å². The predicted molar refractivity (Wildman–Crippen MR) is 106 cm³/mol. The van der Waals surface area contributed by atoms with Gasteiger partial charge in [-0.25, -0.2) is 4.90 Å². The maximum atomic E-state index is 12.7. The second-order valence-corrected chi connectivity index (χ2v) is 7.51. The zero-order valence-electron chi connectivity index (χ0n) is 14.6. The summed E-state index contributed by atoms with van der Waals surface area (Å²) in [6.07, 6.45) is 3.99. The molecule has 2 aromatic carbocycles. The van der Waals surface area contributed by atoms with E-state index < -0.39 is 10.2 Å². The highest BCUT2D eigenvalue weighted by Gasteiger charge is 2.40. The Bertz CT molecular complexity index is 1030. The van der Waals surface area contributed by atoms with Gasteiger partial charge in [-0.15, -0.1) is 11.8 Å². The van der Waals surface area contributed by atoms with Gasteiger partial charge in [0, 0.05) is 41.5 Å². The van der Waals surface area contributed by atoms with E-state index in [-0.39, 0.29) is 23.9 Å². The number of anilines is 1. The van der Waals surface area contributed by atoms with Gasteiger partial charge in [0.25, 0.3) is 5.69 Å². The molecule has 1 aliphatic heterocycles. The molecule has 1 aromatic heterocycles. The highest BCUT2D eigenvalue weighted by molar-refractivity contribution is 8.00. The molecule has 1 unspecified atom stereocenters. The van der Waals surface area contributed by atoms with E-state index in [2.05, 4.69) is 0 Å². The van der Waals surface area contributed by atoms with Gasteiger partial charge < -0.3 is 4.57 Å². The minimum atomic E-state index is -0.520. The number of thioether (sulfide) groups is 1. The number of carbonyl (C=O) groups excluding carboxylic acids is 2. The molecular weight excluding hydrogens is 378 g/mol. The maximum absolute atomic E-state index is 12.7. The van der Waals surface area contributed by atoms with E-state index in [4.69, 9.17) is 0 Å². The first-order chi connectivity index (χ1) is 13.5. The molecule has 1 atom stereocenters. The summed E-state index contributed by atoms with van der Waals surface area (Å²) in [4.78, 5) is 37.4. The van der Waals surface area contributed by atoms with Crippen molar-refractivity contribution in [2.75, 3.05) is 4.90 Å². The van der Waals surface area contributed by atoms with Gasteiger partial charge in [0.1, 0.15) is 0 Å². The fraction of sp³-hybridized carbons (Fsp3) is 0.100. The second kappa shape index (κ2) is 7.32. The van der Waals surface area contributed by atoms with Crippen molar-refractivity contribution in [2.24, 2.45) is 0 Å². The molecule has 8 heteroatoms. The van der Waals surface area contributed by atoms with Crippen LogP contribution in [0.1, 0.15) is 6.42 Å². The number of nitrogens with zero attached hydrogens (tertiary/aromatic N) is 3. The Labute approximate surface area is 164 Å². The van der Waals surface area contributed by atoms with Crippen molar-refractivity contribution >= 4 is 35.0 Å². The summed E-state index contributed by atoms with van der Waals surface area (Å²) >= 11 is 1.35. The normalized spacial score (nSPS) is 16.6. The Kier molecular flexibility index (Phi) is 4.70. The molecule has 2 heterocycles. The first kappa shape index (κ1) is 18.0. The van der Waals surface area contributed by atoms with Crippen molar-refractivity contribution in [3.8, 4) is 5.69 Å². The van der Waals surface area contributed by atoms with E-state index in [0.717, 1.165) is 15.5 Å². The fourth-order valence-electron chi connectivity index (χ4n) is 3.06. The number of hydrogen-bond donors (Lipinski definition) is 0. The van der Waals surface area contributed by atoms with E-state index in [1.165, 1.54) is 36.0 Å². The van der Waals surface area contributed by atoms with E-state index in [0.29, 0.717) is 5.69 Å². The number of rotatable bonds is 5. The number of carbonyl (C=O) groups is 2. The SMILES string of the molecule is O=C1CC(Sc2ccc(-n3cccc3)cc2)C(=O)N1c1ccc([N+](=O)[O-])cc1. The minimum absolute atomic E-state index is 0.0865. The van der Waals surface area contributed by atoms with Crippen molar-refractivity contribution < 1.29 is 14.5 Å². The minimum Gasteiger partial charge on any atom is -0.324 e. The van der Waals surface area contributed by atoms with Crippen LogP contribution in [0.15, 0.2) is 78.0 Å². The van der Waals surface area contributed by atoms with Crippen molar-refractivity contribution in [1.29, 1.82) is 0 Å². The van der Waals surface area contributed by atoms with Crippen LogP contribution in [0.3, 0.4) is 0 Å². The van der Waals surface area contributed by atoms with Gasteiger partial charge in [-0.05, 0) is 48.5 Å². The Hall–Kier alpha value is -3.39. The number of nitro groups is 1. The van der Waals surface area contributed by atoms with Gasteiger partial charge in [0.2, 0.25) is 11.8 Å². The molecule has 28 heavy (non-hydrogen) atoms. The number of hydrogen-bond acceptors (Lipinski definition) is 5. The van der Waals surface area contributed by atoms with Crippen molar-refractivity contribution in [3.63, 3.8) is 0 Å². The standard InChI is InChI=1S/C20H15N3O4S/c24-19-13-18(20(25)22(19)15-3-5-16(6-4-15)23(26)27)28-17-9-7-14(8-10-17)21-11-1-2-12-21/h1-12,18H,13H2. The molecule has 0 N–H and O–H groups in total. The molecule has 140 valence electrons. The number of aromatic nitrogens is 1. The Morgan fingerprint density at radius 2 is 1.54 bits per heavy atom. The van der Waals surface area contributed by atoms with Crippen LogP contribution in [-0.4, -0.2) is 26.6 Å². The lowest BCUT2D eigenvalue weighted by molar-refractivity contribution is -0.384. The third kappa shape index (κ3) is 3.41. The number of non-ortho nitro benzene ring substituents is 1. The van der Waals surface area contributed by atoms with Crippen LogP contribution < -0.4 is 4.90 Å². The quantitative estimate of drug-likeness (QED) is 0.374. The molecule has 2 amide bonds. The zero-order chi connectivity index (χ0) is 19.7. The smallest absolute Gasteiger partial charge is 0.269 e. The average Bonchev–Trinajstić information content (AvgIpc) is 3.31. The summed E-state index contributed by atoms with van der Waals surface area (Å²) in [6.45, 7) is 0. The molecule has 3 aromatic rings. The topological polar surface area (TPSA) is 85.5 Å². The first-order valence-corrected chi connectivity index (χ1v) is 9.42. The van der Waals surface area contributed by atoms with Crippen LogP contribution >= 0.6 is 11.8 Å². The van der Waals surface area contributed by atoms with Gasteiger partial charge in [-0.3, -0.25) is 19.7 Å². The van der Waals surface area contributed by atoms with E-state index in [9.17, 15) is 19.7 Å². The van der Waals surface area contributed by atoms with Crippen molar-refractivity contribution in [1.82, 2.24) is 4.57 Å². The fourth-order valence-corrected chi connectivity index (χ4v) is 4.11. The number of imide groups is 1. The lowest BCUT2D eigenvalue weighted by Crippen LogP contribution is -2.31. The third-order valence-corrected chi connectivity index (χ3v) is 5.64. The summed E-state index contributed by atoms with van der Waals surface area (Å²) in [5.74, 6) is -0.612.